The highest BCUT2D eigenvalue weighted by atomic mass is 16.1. The van der Waals surface area contributed by atoms with Gasteiger partial charge in [0.15, 0.2) is 11.6 Å². The van der Waals surface area contributed by atoms with Gasteiger partial charge in [0.1, 0.15) is 0 Å². The molecule has 5 rings (SSSR count). The Morgan fingerprint density at radius 2 is 1.22 bits per heavy atom. The summed E-state index contributed by atoms with van der Waals surface area (Å²) in [6, 6.07) is 19.3. The number of para-hydroxylation sites is 1. The Morgan fingerprint density at radius 3 is 1.85 bits per heavy atom. The van der Waals surface area contributed by atoms with Gasteiger partial charge in [-0.05, 0) is 24.3 Å². The van der Waals surface area contributed by atoms with Gasteiger partial charge in [-0.1, -0.05) is 42.5 Å². The molecule has 0 radical (unpaired) electrons. The summed E-state index contributed by atoms with van der Waals surface area (Å²) in [7, 11) is 1.77. The summed E-state index contributed by atoms with van der Waals surface area (Å²) in [4.78, 5) is 38.8. The third kappa shape index (κ3) is 2.02. The predicted octanol–water partition coefficient (Wildman–Crippen LogP) is 3.10. The van der Waals surface area contributed by atoms with Crippen LogP contribution in [-0.2, 0) is 7.05 Å². The molecule has 0 saturated heterocycles. The molecule has 1 aliphatic carbocycles. The molecule has 0 aliphatic heterocycles. The first kappa shape index (κ1) is 15.5. The maximum Gasteiger partial charge on any atom is 0.279 e. The van der Waals surface area contributed by atoms with Crippen molar-refractivity contribution in [2.24, 2.45) is 7.05 Å². The lowest BCUT2D eigenvalue weighted by molar-refractivity contribution is 0.0979. The molecule has 0 atom stereocenters. The van der Waals surface area contributed by atoms with E-state index in [1.807, 2.05) is 30.3 Å². The Hall–Kier alpha value is -3.73. The van der Waals surface area contributed by atoms with Gasteiger partial charge < -0.3 is 0 Å². The van der Waals surface area contributed by atoms with E-state index >= 15 is 0 Å². The number of fused-ring (bicyclic) bond motifs is 3. The van der Waals surface area contributed by atoms with Gasteiger partial charge in [0.2, 0.25) is 0 Å². The standard InChI is InChI=1S/C22H14N2O3/c1-23-19-12-17-16(20(25)14-9-5-6-10-15(14)21(17)26)11-18(19)22(27)24(23)13-7-3-2-4-8-13/h2-12H,1H3. The summed E-state index contributed by atoms with van der Waals surface area (Å²) in [5.74, 6) is -0.418. The van der Waals surface area contributed by atoms with E-state index in [-0.39, 0.29) is 22.7 Å². The van der Waals surface area contributed by atoms with Gasteiger partial charge in [0.05, 0.1) is 16.6 Å². The van der Waals surface area contributed by atoms with E-state index < -0.39 is 0 Å². The van der Waals surface area contributed by atoms with Gasteiger partial charge in [0, 0.05) is 29.3 Å². The monoisotopic (exact) mass is 354 g/mol. The quantitative estimate of drug-likeness (QED) is 0.465. The molecular weight excluding hydrogens is 340 g/mol. The van der Waals surface area contributed by atoms with Crippen LogP contribution in [0.3, 0.4) is 0 Å². The third-order valence-corrected chi connectivity index (χ3v) is 5.11. The van der Waals surface area contributed by atoms with Crippen LogP contribution in [0.4, 0.5) is 0 Å². The molecule has 27 heavy (non-hydrogen) atoms. The van der Waals surface area contributed by atoms with E-state index in [1.165, 1.54) is 4.68 Å². The van der Waals surface area contributed by atoms with Crippen LogP contribution in [-0.4, -0.2) is 20.9 Å². The number of nitrogens with zero attached hydrogens (tertiary/aromatic N) is 2. The molecular formula is C22H14N2O3. The smallest absolute Gasteiger partial charge is 0.279 e. The summed E-state index contributed by atoms with van der Waals surface area (Å²) in [5.41, 5.74) is 2.53. The molecule has 0 fully saturated rings. The van der Waals surface area contributed by atoms with E-state index in [4.69, 9.17) is 0 Å². The topological polar surface area (TPSA) is 61.1 Å². The van der Waals surface area contributed by atoms with E-state index in [1.54, 1.807) is 48.1 Å². The molecule has 5 heteroatoms. The summed E-state index contributed by atoms with van der Waals surface area (Å²) in [5, 5.41) is 0.417. The van der Waals surface area contributed by atoms with Crippen LogP contribution in [0.15, 0.2) is 71.5 Å². The Bertz CT molecular complexity index is 1330. The Kier molecular flexibility index (Phi) is 3.09. The average Bonchev–Trinajstić information content (AvgIpc) is 2.95. The van der Waals surface area contributed by atoms with Crippen molar-refractivity contribution in [3.63, 3.8) is 0 Å². The summed E-state index contributed by atoms with van der Waals surface area (Å²) >= 11 is 0. The van der Waals surface area contributed by atoms with Crippen LogP contribution >= 0.6 is 0 Å². The Balaban J connectivity index is 1.84. The van der Waals surface area contributed by atoms with E-state index in [0.29, 0.717) is 27.6 Å². The van der Waals surface area contributed by atoms with Crippen molar-refractivity contribution in [3.05, 3.63) is 99.3 Å². The van der Waals surface area contributed by atoms with Gasteiger partial charge in [-0.15, -0.1) is 0 Å². The number of rotatable bonds is 1. The number of aromatic nitrogens is 2. The normalized spacial score (nSPS) is 12.9. The average molecular weight is 354 g/mol. The summed E-state index contributed by atoms with van der Waals surface area (Å²) in [6.45, 7) is 0. The Labute approximate surface area is 154 Å². The molecule has 0 unspecified atom stereocenters. The van der Waals surface area contributed by atoms with Crippen LogP contribution in [0.1, 0.15) is 31.8 Å². The van der Waals surface area contributed by atoms with Crippen LogP contribution in [0.5, 0.6) is 0 Å². The molecule has 4 aromatic rings. The van der Waals surface area contributed by atoms with Crippen LogP contribution in [0, 0.1) is 0 Å². The zero-order chi connectivity index (χ0) is 18.7. The second-order valence-electron chi connectivity index (χ2n) is 6.59. The van der Waals surface area contributed by atoms with Gasteiger partial charge in [-0.2, -0.15) is 0 Å². The minimum absolute atomic E-state index is 0.193. The van der Waals surface area contributed by atoms with Gasteiger partial charge >= 0.3 is 0 Å². The van der Waals surface area contributed by atoms with Crippen molar-refractivity contribution in [1.82, 2.24) is 9.36 Å². The highest BCUT2D eigenvalue weighted by Crippen LogP contribution is 2.30. The SMILES string of the molecule is Cn1c2cc3c(cc2c(=O)n1-c1ccccc1)C(=O)c1ccccc1C3=O. The number of ketones is 2. The molecule has 0 bridgehead atoms. The van der Waals surface area contributed by atoms with Crippen LogP contribution in [0.25, 0.3) is 16.6 Å². The number of benzene rings is 3. The predicted molar refractivity (Wildman–Crippen MR) is 102 cm³/mol. The molecule has 0 amide bonds. The van der Waals surface area contributed by atoms with Crippen molar-refractivity contribution in [1.29, 1.82) is 0 Å². The number of carbonyl (C=O) groups is 2. The summed E-state index contributed by atoms with van der Waals surface area (Å²) in [6.07, 6.45) is 0. The van der Waals surface area contributed by atoms with E-state index in [9.17, 15) is 14.4 Å². The number of aryl methyl sites for hydroxylation is 1. The fourth-order valence-electron chi connectivity index (χ4n) is 3.79. The second-order valence-corrected chi connectivity index (χ2v) is 6.59. The first-order valence-electron chi connectivity index (χ1n) is 8.57. The van der Waals surface area contributed by atoms with Crippen molar-refractivity contribution in [3.8, 4) is 5.69 Å². The van der Waals surface area contributed by atoms with Gasteiger partial charge in [-0.25, -0.2) is 4.68 Å². The largest absolute Gasteiger partial charge is 0.289 e. The first-order chi connectivity index (χ1) is 13.1. The second kappa shape index (κ2) is 5.38. The third-order valence-electron chi connectivity index (χ3n) is 5.11. The zero-order valence-corrected chi connectivity index (χ0v) is 14.5. The minimum Gasteiger partial charge on any atom is -0.289 e. The maximum atomic E-state index is 13.0. The van der Waals surface area contributed by atoms with Crippen molar-refractivity contribution in [2.45, 2.75) is 0 Å². The molecule has 1 heterocycles. The van der Waals surface area contributed by atoms with Gasteiger partial charge in [-0.3, -0.25) is 19.1 Å². The minimum atomic E-state index is -0.225. The highest BCUT2D eigenvalue weighted by molar-refractivity contribution is 6.29. The molecule has 1 aliphatic rings. The molecule has 3 aromatic carbocycles. The maximum absolute atomic E-state index is 13.0. The van der Waals surface area contributed by atoms with Crippen LogP contribution in [0.2, 0.25) is 0 Å². The van der Waals surface area contributed by atoms with Crippen molar-refractivity contribution in [2.75, 3.05) is 0 Å². The van der Waals surface area contributed by atoms with E-state index in [2.05, 4.69) is 0 Å². The molecule has 0 saturated carbocycles. The van der Waals surface area contributed by atoms with E-state index in [0.717, 1.165) is 5.69 Å². The highest BCUT2D eigenvalue weighted by Gasteiger charge is 2.31. The Morgan fingerprint density at radius 1 is 0.667 bits per heavy atom. The molecule has 1 aromatic heterocycles. The molecule has 5 nitrogen and oxygen atoms in total. The lowest BCUT2D eigenvalue weighted by Crippen LogP contribution is -2.21. The number of hydrogen-bond acceptors (Lipinski definition) is 3. The molecule has 0 N–H and O–H groups in total. The zero-order valence-electron chi connectivity index (χ0n) is 14.5. The molecule has 0 spiro atoms. The molecule has 130 valence electrons. The lowest BCUT2D eigenvalue weighted by atomic mass is 9.83. The fourth-order valence-corrected chi connectivity index (χ4v) is 3.79. The van der Waals surface area contributed by atoms with Crippen molar-refractivity contribution >= 4 is 22.5 Å². The summed E-state index contributed by atoms with van der Waals surface area (Å²) < 4.78 is 3.25. The number of carbonyl (C=O) groups excluding carboxylic acids is 2. The van der Waals surface area contributed by atoms with Crippen molar-refractivity contribution < 1.29 is 9.59 Å². The number of hydrogen-bond donors (Lipinski definition) is 0. The van der Waals surface area contributed by atoms with Crippen LogP contribution < -0.4 is 5.56 Å². The lowest BCUT2D eigenvalue weighted by Gasteiger charge is -2.17. The fraction of sp³-hybridized carbons (Fsp3) is 0.0455. The van der Waals surface area contributed by atoms with Gasteiger partial charge in [0.25, 0.3) is 5.56 Å². The first-order valence-corrected chi connectivity index (χ1v) is 8.57.